The van der Waals surface area contributed by atoms with Crippen LogP contribution in [0.2, 0.25) is 0 Å². The SMILES string of the molecule is CCCOc1ccc(C=CC(=O)Nc2ccc(OC)nc2)cc1OC. The monoisotopic (exact) mass is 342 g/mol. The van der Waals surface area contributed by atoms with Gasteiger partial charge in [-0.1, -0.05) is 13.0 Å². The second-order valence-corrected chi connectivity index (χ2v) is 5.17. The van der Waals surface area contributed by atoms with E-state index in [1.165, 1.54) is 19.4 Å². The number of ether oxygens (including phenoxy) is 3. The number of benzene rings is 1. The number of carbonyl (C=O) groups excluding carboxylic acids is 1. The first kappa shape index (κ1) is 18.3. The largest absolute Gasteiger partial charge is 0.493 e. The Morgan fingerprint density at radius 1 is 1.16 bits per heavy atom. The Kier molecular flexibility index (Phi) is 6.83. The molecule has 0 spiro atoms. The van der Waals surface area contributed by atoms with Gasteiger partial charge in [0.05, 0.1) is 32.7 Å². The third-order valence-corrected chi connectivity index (χ3v) is 3.29. The minimum absolute atomic E-state index is 0.253. The average Bonchev–Trinajstić information content (AvgIpc) is 2.65. The highest BCUT2D eigenvalue weighted by Crippen LogP contribution is 2.28. The number of nitrogens with zero attached hydrogens (tertiary/aromatic N) is 1. The molecule has 0 fully saturated rings. The minimum Gasteiger partial charge on any atom is -0.493 e. The molecular formula is C19H22N2O4. The number of carbonyl (C=O) groups is 1. The van der Waals surface area contributed by atoms with E-state index in [-0.39, 0.29) is 5.91 Å². The Balaban J connectivity index is 2.00. The van der Waals surface area contributed by atoms with Crippen molar-refractivity contribution in [2.45, 2.75) is 13.3 Å². The number of aromatic nitrogens is 1. The van der Waals surface area contributed by atoms with Crippen LogP contribution in [0.4, 0.5) is 5.69 Å². The van der Waals surface area contributed by atoms with E-state index in [4.69, 9.17) is 14.2 Å². The molecule has 1 N–H and O–H groups in total. The lowest BCUT2D eigenvalue weighted by Gasteiger charge is -2.10. The maximum absolute atomic E-state index is 12.0. The summed E-state index contributed by atoms with van der Waals surface area (Å²) in [4.78, 5) is 16.0. The first-order valence-electron chi connectivity index (χ1n) is 7.96. The zero-order chi connectivity index (χ0) is 18.1. The Labute approximate surface area is 147 Å². The quantitative estimate of drug-likeness (QED) is 0.743. The van der Waals surface area contributed by atoms with Gasteiger partial charge in [-0.3, -0.25) is 4.79 Å². The molecule has 0 aliphatic carbocycles. The molecule has 25 heavy (non-hydrogen) atoms. The molecule has 2 rings (SSSR count). The number of anilines is 1. The topological polar surface area (TPSA) is 69.7 Å². The van der Waals surface area contributed by atoms with Crippen molar-refractivity contribution in [2.75, 3.05) is 26.1 Å². The Morgan fingerprint density at radius 3 is 2.64 bits per heavy atom. The normalized spacial score (nSPS) is 10.5. The summed E-state index contributed by atoms with van der Waals surface area (Å²) in [6, 6.07) is 8.93. The summed E-state index contributed by atoms with van der Waals surface area (Å²) >= 11 is 0. The van der Waals surface area contributed by atoms with Crippen LogP contribution >= 0.6 is 0 Å². The van der Waals surface area contributed by atoms with Crippen molar-refractivity contribution in [2.24, 2.45) is 0 Å². The molecule has 0 radical (unpaired) electrons. The van der Waals surface area contributed by atoms with Gasteiger partial charge in [0.1, 0.15) is 0 Å². The summed E-state index contributed by atoms with van der Waals surface area (Å²) in [5, 5.41) is 2.73. The maximum atomic E-state index is 12.0. The van der Waals surface area contributed by atoms with Crippen molar-refractivity contribution in [1.82, 2.24) is 4.98 Å². The van der Waals surface area contributed by atoms with Gasteiger partial charge in [0.2, 0.25) is 11.8 Å². The maximum Gasteiger partial charge on any atom is 0.248 e. The van der Waals surface area contributed by atoms with Crippen molar-refractivity contribution in [3.05, 3.63) is 48.2 Å². The van der Waals surface area contributed by atoms with E-state index in [0.29, 0.717) is 29.7 Å². The predicted molar refractivity (Wildman–Crippen MR) is 97.2 cm³/mol. The Bertz CT molecular complexity index is 727. The third kappa shape index (κ3) is 5.53. The molecule has 6 nitrogen and oxygen atoms in total. The van der Waals surface area contributed by atoms with Crippen LogP contribution in [-0.2, 0) is 4.79 Å². The van der Waals surface area contributed by atoms with Gasteiger partial charge in [-0.05, 0) is 36.3 Å². The first-order chi connectivity index (χ1) is 12.2. The predicted octanol–water partition coefficient (Wildman–Crippen LogP) is 3.54. The van der Waals surface area contributed by atoms with E-state index in [9.17, 15) is 4.79 Å². The van der Waals surface area contributed by atoms with Crippen LogP contribution in [0.15, 0.2) is 42.6 Å². The fourth-order valence-electron chi connectivity index (χ4n) is 2.05. The molecule has 0 saturated carbocycles. The van der Waals surface area contributed by atoms with Crippen molar-refractivity contribution >= 4 is 17.7 Å². The van der Waals surface area contributed by atoms with E-state index in [1.54, 1.807) is 25.3 Å². The summed E-state index contributed by atoms with van der Waals surface area (Å²) < 4.78 is 15.9. The zero-order valence-corrected chi connectivity index (χ0v) is 14.6. The number of nitrogens with one attached hydrogen (secondary N) is 1. The van der Waals surface area contributed by atoms with Gasteiger partial charge in [0.25, 0.3) is 0 Å². The Hall–Kier alpha value is -3.02. The molecule has 132 valence electrons. The van der Waals surface area contributed by atoms with E-state index in [0.717, 1.165) is 12.0 Å². The average molecular weight is 342 g/mol. The molecule has 1 amide bonds. The number of pyridine rings is 1. The summed E-state index contributed by atoms with van der Waals surface area (Å²) in [5.74, 6) is 1.56. The summed E-state index contributed by atoms with van der Waals surface area (Å²) in [7, 11) is 3.13. The summed E-state index contributed by atoms with van der Waals surface area (Å²) in [6.07, 6.45) is 5.61. The molecule has 1 aromatic carbocycles. The molecule has 0 aliphatic rings. The number of hydrogen-bond acceptors (Lipinski definition) is 5. The van der Waals surface area contributed by atoms with Crippen LogP contribution in [0.5, 0.6) is 17.4 Å². The molecule has 0 saturated heterocycles. The van der Waals surface area contributed by atoms with Crippen molar-refractivity contribution in [1.29, 1.82) is 0 Å². The molecule has 0 atom stereocenters. The van der Waals surface area contributed by atoms with Gasteiger partial charge < -0.3 is 19.5 Å². The van der Waals surface area contributed by atoms with Crippen LogP contribution in [0.3, 0.4) is 0 Å². The van der Waals surface area contributed by atoms with Gasteiger partial charge in [-0.2, -0.15) is 0 Å². The van der Waals surface area contributed by atoms with Gasteiger partial charge >= 0.3 is 0 Å². The van der Waals surface area contributed by atoms with E-state index in [2.05, 4.69) is 10.3 Å². The van der Waals surface area contributed by atoms with E-state index >= 15 is 0 Å². The summed E-state index contributed by atoms with van der Waals surface area (Å²) in [6.45, 7) is 2.67. The third-order valence-electron chi connectivity index (χ3n) is 3.29. The second-order valence-electron chi connectivity index (χ2n) is 5.17. The van der Waals surface area contributed by atoms with E-state index in [1.807, 2.05) is 25.1 Å². The molecule has 2 aromatic rings. The summed E-state index contributed by atoms with van der Waals surface area (Å²) in [5.41, 5.74) is 1.43. The molecule has 0 unspecified atom stereocenters. The smallest absolute Gasteiger partial charge is 0.248 e. The second kappa shape index (κ2) is 9.32. The van der Waals surface area contributed by atoms with E-state index < -0.39 is 0 Å². The molecule has 0 aliphatic heterocycles. The standard InChI is InChI=1S/C19H22N2O4/c1-4-11-25-16-8-5-14(12-17(16)23-2)6-9-18(22)21-15-7-10-19(24-3)20-13-15/h5-10,12-13H,4,11H2,1-3H3,(H,21,22). The number of hydrogen-bond donors (Lipinski definition) is 1. The zero-order valence-electron chi connectivity index (χ0n) is 14.6. The fourth-order valence-corrected chi connectivity index (χ4v) is 2.05. The molecular weight excluding hydrogens is 320 g/mol. The van der Waals surface area contributed by atoms with Crippen LogP contribution in [0, 0.1) is 0 Å². The van der Waals surface area contributed by atoms with Crippen molar-refractivity contribution in [3.8, 4) is 17.4 Å². The molecule has 0 bridgehead atoms. The van der Waals surface area contributed by atoms with Crippen molar-refractivity contribution < 1.29 is 19.0 Å². The lowest BCUT2D eigenvalue weighted by Crippen LogP contribution is -2.07. The number of methoxy groups -OCH3 is 2. The van der Waals surface area contributed by atoms with Crippen molar-refractivity contribution in [3.63, 3.8) is 0 Å². The van der Waals surface area contributed by atoms with Gasteiger partial charge in [-0.25, -0.2) is 4.98 Å². The highest BCUT2D eigenvalue weighted by atomic mass is 16.5. The lowest BCUT2D eigenvalue weighted by atomic mass is 10.2. The molecule has 1 aromatic heterocycles. The highest BCUT2D eigenvalue weighted by Gasteiger charge is 2.05. The van der Waals surface area contributed by atoms with Gasteiger partial charge in [0, 0.05) is 12.1 Å². The molecule has 6 heteroatoms. The lowest BCUT2D eigenvalue weighted by molar-refractivity contribution is -0.111. The Morgan fingerprint density at radius 2 is 2.00 bits per heavy atom. The highest BCUT2D eigenvalue weighted by molar-refractivity contribution is 6.01. The van der Waals surface area contributed by atoms with Crippen LogP contribution < -0.4 is 19.5 Å². The van der Waals surface area contributed by atoms with Crippen LogP contribution in [0.25, 0.3) is 6.08 Å². The number of rotatable bonds is 8. The first-order valence-corrected chi connectivity index (χ1v) is 7.96. The van der Waals surface area contributed by atoms with Gasteiger partial charge in [-0.15, -0.1) is 0 Å². The minimum atomic E-state index is -0.253. The van der Waals surface area contributed by atoms with Crippen LogP contribution in [0.1, 0.15) is 18.9 Å². The van der Waals surface area contributed by atoms with Crippen LogP contribution in [-0.4, -0.2) is 31.7 Å². The molecule has 1 heterocycles. The number of amides is 1. The van der Waals surface area contributed by atoms with Gasteiger partial charge in [0.15, 0.2) is 11.5 Å². The fraction of sp³-hybridized carbons (Fsp3) is 0.263.